The van der Waals surface area contributed by atoms with Crippen LogP contribution in [-0.2, 0) is 20.9 Å². The van der Waals surface area contributed by atoms with Crippen molar-refractivity contribution in [3.63, 3.8) is 0 Å². The molecule has 0 unspecified atom stereocenters. The highest BCUT2D eigenvalue weighted by Crippen LogP contribution is 2.46. The van der Waals surface area contributed by atoms with Crippen molar-refractivity contribution in [1.29, 1.82) is 0 Å². The Labute approximate surface area is 192 Å². The molecule has 1 spiro atoms. The number of cyclic esters (lactones) is 1. The molecule has 1 aliphatic carbocycles. The van der Waals surface area contributed by atoms with Gasteiger partial charge in [0.2, 0.25) is 5.91 Å². The number of carbonyl (C=O) groups excluding carboxylic acids is 2. The summed E-state index contributed by atoms with van der Waals surface area (Å²) in [4.78, 5) is 26.9. The minimum absolute atomic E-state index is 0.181. The topological polar surface area (TPSA) is 102 Å². The van der Waals surface area contributed by atoms with Crippen molar-refractivity contribution in [3.05, 3.63) is 40.6 Å². The van der Waals surface area contributed by atoms with Crippen molar-refractivity contribution >= 4 is 11.9 Å². The van der Waals surface area contributed by atoms with Crippen molar-refractivity contribution in [2.75, 3.05) is 13.2 Å². The average Bonchev–Trinajstić information content (AvgIpc) is 3.56. The highest BCUT2D eigenvalue weighted by atomic mass is 16.5. The van der Waals surface area contributed by atoms with E-state index in [-0.39, 0.29) is 29.9 Å². The van der Waals surface area contributed by atoms with E-state index < -0.39 is 0 Å². The van der Waals surface area contributed by atoms with Gasteiger partial charge in [0.25, 0.3) is 0 Å². The minimum atomic E-state index is -0.301. The third-order valence-corrected chi connectivity index (χ3v) is 8.07. The number of benzene rings is 1. The predicted octanol–water partition coefficient (Wildman–Crippen LogP) is 2.34. The Morgan fingerprint density at radius 2 is 2.03 bits per heavy atom. The van der Waals surface area contributed by atoms with E-state index in [1.54, 1.807) is 6.92 Å². The number of nitrogens with zero attached hydrogens (tertiary/aromatic N) is 5. The van der Waals surface area contributed by atoms with Crippen LogP contribution in [0.15, 0.2) is 29.5 Å². The molecule has 6 rings (SSSR count). The van der Waals surface area contributed by atoms with Gasteiger partial charge in [-0.1, -0.05) is 18.2 Å². The second kappa shape index (κ2) is 7.48. The second-order valence-corrected chi connectivity index (χ2v) is 9.87. The zero-order valence-electron chi connectivity index (χ0n) is 19.0. The van der Waals surface area contributed by atoms with Gasteiger partial charge >= 0.3 is 5.97 Å². The number of ether oxygens (including phenoxy) is 1. The fraction of sp³-hybridized carbons (Fsp3) is 0.542. The fourth-order valence-corrected chi connectivity index (χ4v) is 5.97. The summed E-state index contributed by atoms with van der Waals surface area (Å²) in [5, 5.41) is 15.7. The molecule has 2 aromatic rings. The van der Waals surface area contributed by atoms with E-state index in [0.29, 0.717) is 18.2 Å². The monoisotopic (exact) mass is 448 g/mol. The summed E-state index contributed by atoms with van der Waals surface area (Å²) in [5.74, 6) is 0.718. The molecule has 1 aromatic heterocycles. The zero-order valence-corrected chi connectivity index (χ0v) is 19.0. The molecule has 1 N–H and O–H groups in total. The van der Waals surface area contributed by atoms with Gasteiger partial charge in [-0.25, -0.2) is 9.48 Å². The van der Waals surface area contributed by atoms with Crippen LogP contribution in [0.1, 0.15) is 63.1 Å². The Morgan fingerprint density at radius 1 is 1.21 bits per heavy atom. The first kappa shape index (κ1) is 20.5. The number of aromatic nitrogens is 4. The number of amides is 1. The van der Waals surface area contributed by atoms with Gasteiger partial charge in [0.1, 0.15) is 6.61 Å². The van der Waals surface area contributed by atoms with E-state index >= 15 is 0 Å². The lowest BCUT2D eigenvalue weighted by atomic mass is 9.71. The summed E-state index contributed by atoms with van der Waals surface area (Å²) in [5.41, 5.74) is 4.66. The lowest BCUT2D eigenvalue weighted by Crippen LogP contribution is -2.42. The van der Waals surface area contributed by atoms with Crippen molar-refractivity contribution in [1.82, 2.24) is 30.4 Å². The molecule has 9 nitrogen and oxygen atoms in total. The fourth-order valence-electron chi connectivity index (χ4n) is 5.97. The lowest BCUT2D eigenvalue weighted by molar-refractivity contribution is -0.138. The Bertz CT molecular complexity index is 1180. The Hall–Kier alpha value is -3.07. The number of hydrogen-bond donors (Lipinski definition) is 1. The maximum absolute atomic E-state index is 13.3. The molecule has 4 heterocycles. The van der Waals surface area contributed by atoms with Crippen LogP contribution in [0, 0.1) is 5.41 Å². The molecule has 172 valence electrons. The van der Waals surface area contributed by atoms with Crippen LogP contribution >= 0.6 is 0 Å². The number of carbonyl (C=O) groups is 2. The van der Waals surface area contributed by atoms with Gasteiger partial charge in [0.15, 0.2) is 5.82 Å². The molecular formula is C24H28N6O3. The number of likely N-dealkylation sites (tertiary alicyclic amines) is 1. The summed E-state index contributed by atoms with van der Waals surface area (Å²) in [7, 11) is 0. The van der Waals surface area contributed by atoms with Gasteiger partial charge < -0.3 is 15.0 Å². The number of esters is 1. The van der Waals surface area contributed by atoms with E-state index in [2.05, 4.69) is 46.0 Å². The molecule has 3 aliphatic heterocycles. The van der Waals surface area contributed by atoms with E-state index in [1.807, 2.05) is 9.58 Å². The van der Waals surface area contributed by atoms with Gasteiger partial charge in [-0.05, 0) is 67.5 Å². The second-order valence-electron chi connectivity index (χ2n) is 9.87. The van der Waals surface area contributed by atoms with Crippen LogP contribution in [0.3, 0.4) is 0 Å². The van der Waals surface area contributed by atoms with E-state index in [0.717, 1.165) is 55.7 Å². The highest BCUT2D eigenvalue weighted by molar-refractivity contribution is 5.94. The van der Waals surface area contributed by atoms with Gasteiger partial charge in [0, 0.05) is 24.2 Å². The first-order valence-electron chi connectivity index (χ1n) is 11.8. The van der Waals surface area contributed by atoms with E-state index in [4.69, 9.17) is 4.74 Å². The molecule has 33 heavy (non-hydrogen) atoms. The van der Waals surface area contributed by atoms with E-state index in [1.165, 1.54) is 11.1 Å². The van der Waals surface area contributed by atoms with Crippen molar-refractivity contribution in [2.24, 2.45) is 5.41 Å². The van der Waals surface area contributed by atoms with Crippen LogP contribution in [0.5, 0.6) is 0 Å². The van der Waals surface area contributed by atoms with Crippen LogP contribution in [0.4, 0.5) is 0 Å². The van der Waals surface area contributed by atoms with Crippen molar-refractivity contribution in [3.8, 4) is 11.4 Å². The van der Waals surface area contributed by atoms with Crippen LogP contribution in [-0.4, -0.2) is 56.2 Å². The van der Waals surface area contributed by atoms with Gasteiger partial charge in [-0.2, -0.15) is 0 Å². The molecule has 4 aliphatic rings. The maximum Gasteiger partial charge on any atom is 0.336 e. The Balaban J connectivity index is 1.09. The number of nitrogens with one attached hydrogen (secondary N) is 1. The van der Waals surface area contributed by atoms with Crippen LogP contribution in [0.25, 0.3) is 11.4 Å². The summed E-state index contributed by atoms with van der Waals surface area (Å²) in [6, 6.07) is 7.13. The van der Waals surface area contributed by atoms with Gasteiger partial charge in [0.05, 0.1) is 23.2 Å². The lowest BCUT2D eigenvalue weighted by Gasteiger charge is -2.37. The molecule has 1 aromatic carbocycles. The molecule has 2 fully saturated rings. The first-order chi connectivity index (χ1) is 15.9. The molecule has 0 bridgehead atoms. The maximum atomic E-state index is 13.3. The number of rotatable bonds is 4. The molecular weight excluding hydrogens is 420 g/mol. The average molecular weight is 449 g/mol. The van der Waals surface area contributed by atoms with E-state index in [9.17, 15) is 9.59 Å². The Morgan fingerprint density at radius 3 is 2.79 bits per heavy atom. The molecule has 1 saturated carbocycles. The SMILES string of the molecule is CC1=C(N2CCC3(CCC(N[C@@H](C)c4ccc5c(c4)Cn4nnnc4-5)CC3)C2=O)COC1=O. The Kier molecular flexibility index (Phi) is 4.65. The molecule has 1 atom stereocenters. The third-order valence-electron chi connectivity index (χ3n) is 8.07. The molecule has 0 radical (unpaired) electrons. The van der Waals surface area contributed by atoms with Crippen LogP contribution < -0.4 is 5.32 Å². The number of hydrogen-bond acceptors (Lipinski definition) is 7. The zero-order chi connectivity index (χ0) is 22.7. The minimum Gasteiger partial charge on any atom is -0.456 e. The van der Waals surface area contributed by atoms with Crippen molar-refractivity contribution in [2.45, 2.75) is 64.6 Å². The third kappa shape index (κ3) is 3.20. The summed E-state index contributed by atoms with van der Waals surface area (Å²) < 4.78 is 6.96. The van der Waals surface area contributed by atoms with Gasteiger partial charge in [-0.15, -0.1) is 5.10 Å². The predicted molar refractivity (Wildman–Crippen MR) is 119 cm³/mol. The molecule has 1 amide bonds. The van der Waals surface area contributed by atoms with Crippen LogP contribution in [0.2, 0.25) is 0 Å². The van der Waals surface area contributed by atoms with Crippen molar-refractivity contribution < 1.29 is 14.3 Å². The molecule has 9 heteroatoms. The van der Waals surface area contributed by atoms with Gasteiger partial charge in [-0.3, -0.25) is 4.79 Å². The quantitative estimate of drug-likeness (QED) is 0.611. The smallest absolute Gasteiger partial charge is 0.336 e. The standard InChI is InChI=1S/C24H28N6O3/c1-14-20(13-33-22(14)31)29-10-9-24(23(29)32)7-5-18(6-8-24)25-15(2)16-3-4-19-17(11-16)12-30-21(19)26-27-28-30/h3-4,11,15,18,25H,5-10,12-13H2,1-2H3/t15-,18?,24?/m0/s1. The summed E-state index contributed by atoms with van der Waals surface area (Å²) in [6.45, 7) is 5.59. The summed E-state index contributed by atoms with van der Waals surface area (Å²) in [6.07, 6.45) is 4.60. The number of tetrazole rings is 1. The highest BCUT2D eigenvalue weighted by Gasteiger charge is 2.50. The first-order valence-corrected chi connectivity index (χ1v) is 11.8. The summed E-state index contributed by atoms with van der Waals surface area (Å²) >= 11 is 0. The number of fused-ring (bicyclic) bond motifs is 3. The largest absolute Gasteiger partial charge is 0.456 e. The normalized spacial score (nSPS) is 27.3. The molecule has 1 saturated heterocycles.